The second-order valence-electron chi connectivity index (χ2n) is 5.85. The summed E-state index contributed by atoms with van der Waals surface area (Å²) < 4.78 is 30.6. The van der Waals surface area contributed by atoms with E-state index < -0.39 is 15.6 Å². The smallest absolute Gasteiger partial charge is 0.209 e. The number of rotatable bonds is 7. The molecule has 7 nitrogen and oxygen atoms in total. The van der Waals surface area contributed by atoms with Gasteiger partial charge >= 0.3 is 0 Å². The predicted octanol–water partition coefficient (Wildman–Crippen LogP) is 0.688. The molecule has 0 saturated carbocycles. The first-order chi connectivity index (χ1) is 10.7. The van der Waals surface area contributed by atoms with Crippen molar-refractivity contribution in [2.45, 2.75) is 25.9 Å². The number of nitrogens with one attached hydrogen (secondary N) is 3. The molecule has 0 radical (unpaired) electrons. The van der Waals surface area contributed by atoms with E-state index in [0.717, 1.165) is 17.6 Å². The third kappa shape index (κ3) is 7.34. The number of para-hydroxylation sites is 1. The first-order valence-electron chi connectivity index (χ1n) is 7.22. The number of methoxy groups -OCH3 is 1. The second-order valence-corrected chi connectivity index (χ2v) is 7.60. The third-order valence-electron chi connectivity index (χ3n) is 3.02. The van der Waals surface area contributed by atoms with E-state index in [4.69, 9.17) is 4.74 Å². The van der Waals surface area contributed by atoms with Gasteiger partial charge in [-0.2, -0.15) is 0 Å². The van der Waals surface area contributed by atoms with Crippen molar-refractivity contribution >= 4 is 16.0 Å². The highest BCUT2D eigenvalue weighted by atomic mass is 32.2. The monoisotopic (exact) mass is 342 g/mol. The van der Waals surface area contributed by atoms with E-state index in [2.05, 4.69) is 20.3 Å². The van der Waals surface area contributed by atoms with Crippen molar-refractivity contribution in [3.63, 3.8) is 0 Å². The summed E-state index contributed by atoms with van der Waals surface area (Å²) in [5.41, 5.74) is 0.377. The molecule has 1 aromatic carbocycles. The molecule has 0 saturated heterocycles. The van der Waals surface area contributed by atoms with E-state index >= 15 is 0 Å². The summed E-state index contributed by atoms with van der Waals surface area (Å²) in [6.07, 6.45) is 1.14. The van der Waals surface area contributed by atoms with Gasteiger partial charge in [-0.3, -0.25) is 4.99 Å². The van der Waals surface area contributed by atoms with E-state index in [1.807, 2.05) is 24.3 Å². The third-order valence-corrected chi connectivity index (χ3v) is 3.95. The molecule has 0 spiro atoms. The Bertz CT molecular complexity index is 642. The molecule has 0 aliphatic carbocycles. The van der Waals surface area contributed by atoms with Crippen molar-refractivity contribution in [3.8, 4) is 5.75 Å². The molecule has 0 heterocycles. The van der Waals surface area contributed by atoms with Gasteiger partial charge in [0, 0.05) is 31.2 Å². The van der Waals surface area contributed by atoms with Gasteiger partial charge < -0.3 is 15.4 Å². The normalized spacial score (nSPS) is 12.8. The minimum atomic E-state index is -3.27. The lowest BCUT2D eigenvalue weighted by Crippen LogP contribution is -2.52. The van der Waals surface area contributed by atoms with Gasteiger partial charge in [-0.1, -0.05) is 18.2 Å². The van der Waals surface area contributed by atoms with Gasteiger partial charge in [-0.05, 0) is 19.9 Å². The van der Waals surface area contributed by atoms with Gasteiger partial charge in [0.1, 0.15) is 5.75 Å². The zero-order valence-corrected chi connectivity index (χ0v) is 15.1. The summed E-state index contributed by atoms with van der Waals surface area (Å²) in [6.45, 7) is 4.54. The Morgan fingerprint density at radius 2 is 1.91 bits per heavy atom. The van der Waals surface area contributed by atoms with Crippen LogP contribution in [0.25, 0.3) is 0 Å². The lowest BCUT2D eigenvalue weighted by atomic mass is 10.1. The number of ether oxygens (including phenoxy) is 1. The number of nitrogens with zero attached hydrogens (tertiary/aromatic N) is 1. The van der Waals surface area contributed by atoms with E-state index in [9.17, 15) is 8.42 Å². The summed E-state index contributed by atoms with van der Waals surface area (Å²) >= 11 is 0. The van der Waals surface area contributed by atoms with Crippen molar-refractivity contribution in [1.82, 2.24) is 15.4 Å². The lowest BCUT2D eigenvalue weighted by molar-refractivity contribution is 0.409. The Morgan fingerprint density at radius 3 is 2.48 bits per heavy atom. The second kappa shape index (κ2) is 8.16. The Labute approximate surface area is 138 Å². The highest BCUT2D eigenvalue weighted by molar-refractivity contribution is 7.88. The molecule has 0 atom stereocenters. The highest BCUT2D eigenvalue weighted by Crippen LogP contribution is 2.16. The summed E-state index contributed by atoms with van der Waals surface area (Å²) in [4.78, 5) is 4.13. The van der Waals surface area contributed by atoms with Crippen LogP contribution in [0.3, 0.4) is 0 Å². The SMILES string of the molecule is CN=C(NCc1ccccc1OC)NCC(C)(C)NS(C)(=O)=O. The zero-order chi connectivity index (χ0) is 17.5. The molecular weight excluding hydrogens is 316 g/mol. The molecule has 3 N–H and O–H groups in total. The standard InChI is InChI=1S/C15H26N4O3S/c1-15(2,19-23(5,20)21)11-18-14(16-3)17-10-12-8-6-7-9-13(12)22-4/h6-9,19H,10-11H2,1-5H3,(H2,16,17,18). The summed E-state index contributed by atoms with van der Waals surface area (Å²) in [7, 11) is 0.0240. The average molecular weight is 342 g/mol. The van der Waals surface area contributed by atoms with Crippen LogP contribution in [0.5, 0.6) is 5.75 Å². The fraction of sp³-hybridized carbons (Fsp3) is 0.533. The quantitative estimate of drug-likeness (QED) is 0.501. The van der Waals surface area contributed by atoms with Gasteiger partial charge in [0.2, 0.25) is 10.0 Å². The number of hydrogen-bond acceptors (Lipinski definition) is 4. The predicted molar refractivity (Wildman–Crippen MR) is 93.3 cm³/mol. The van der Waals surface area contributed by atoms with Crippen LogP contribution in [-0.4, -0.2) is 46.9 Å². The fourth-order valence-electron chi connectivity index (χ4n) is 2.09. The Hall–Kier alpha value is -1.80. The molecular formula is C15H26N4O3S. The molecule has 0 amide bonds. The van der Waals surface area contributed by atoms with Crippen molar-refractivity contribution in [1.29, 1.82) is 0 Å². The summed E-state index contributed by atoms with van der Waals surface area (Å²) in [6, 6.07) is 7.71. The number of hydrogen-bond donors (Lipinski definition) is 3. The van der Waals surface area contributed by atoms with Gasteiger partial charge in [-0.15, -0.1) is 0 Å². The number of benzene rings is 1. The van der Waals surface area contributed by atoms with E-state index in [0.29, 0.717) is 19.0 Å². The number of guanidine groups is 1. The number of sulfonamides is 1. The molecule has 1 aromatic rings. The van der Waals surface area contributed by atoms with Crippen LogP contribution in [0.4, 0.5) is 0 Å². The van der Waals surface area contributed by atoms with Crippen molar-refractivity contribution < 1.29 is 13.2 Å². The Kier molecular flexibility index (Phi) is 6.83. The first-order valence-corrected chi connectivity index (χ1v) is 9.11. The van der Waals surface area contributed by atoms with Crippen LogP contribution in [-0.2, 0) is 16.6 Å². The van der Waals surface area contributed by atoms with Gasteiger partial charge in [0.05, 0.1) is 13.4 Å². The van der Waals surface area contributed by atoms with Crippen LogP contribution in [0.2, 0.25) is 0 Å². The van der Waals surface area contributed by atoms with Gasteiger partial charge in [0.25, 0.3) is 0 Å². The molecule has 1 rings (SSSR count). The van der Waals surface area contributed by atoms with Crippen LogP contribution >= 0.6 is 0 Å². The van der Waals surface area contributed by atoms with Gasteiger partial charge in [0.15, 0.2) is 5.96 Å². The Morgan fingerprint density at radius 1 is 1.26 bits per heavy atom. The zero-order valence-electron chi connectivity index (χ0n) is 14.3. The molecule has 0 aliphatic heterocycles. The van der Waals surface area contributed by atoms with Gasteiger partial charge in [-0.25, -0.2) is 13.1 Å². The largest absolute Gasteiger partial charge is 0.496 e. The highest BCUT2D eigenvalue weighted by Gasteiger charge is 2.22. The molecule has 0 unspecified atom stereocenters. The summed E-state index contributed by atoms with van der Waals surface area (Å²) in [5, 5.41) is 6.29. The van der Waals surface area contributed by atoms with E-state index in [1.165, 1.54) is 0 Å². The van der Waals surface area contributed by atoms with E-state index in [-0.39, 0.29) is 0 Å². The molecule has 0 aliphatic rings. The molecule has 130 valence electrons. The molecule has 0 bridgehead atoms. The molecule has 8 heteroatoms. The van der Waals surface area contributed by atoms with Crippen molar-refractivity contribution in [2.24, 2.45) is 4.99 Å². The maximum atomic E-state index is 11.3. The minimum absolute atomic E-state index is 0.395. The summed E-state index contributed by atoms with van der Waals surface area (Å²) in [5.74, 6) is 1.38. The maximum Gasteiger partial charge on any atom is 0.209 e. The first kappa shape index (κ1) is 19.2. The van der Waals surface area contributed by atoms with Crippen LogP contribution in [0, 0.1) is 0 Å². The molecule has 0 aromatic heterocycles. The number of aliphatic imine (C=N–C) groups is 1. The van der Waals surface area contributed by atoms with Crippen molar-refractivity contribution in [2.75, 3.05) is 27.0 Å². The molecule has 0 fully saturated rings. The maximum absolute atomic E-state index is 11.3. The lowest BCUT2D eigenvalue weighted by Gasteiger charge is -2.26. The van der Waals surface area contributed by atoms with Crippen LogP contribution in [0.1, 0.15) is 19.4 Å². The molecule has 23 heavy (non-hydrogen) atoms. The fourth-order valence-corrected chi connectivity index (χ4v) is 3.17. The minimum Gasteiger partial charge on any atom is -0.496 e. The topological polar surface area (TPSA) is 91.8 Å². The Balaban J connectivity index is 2.59. The van der Waals surface area contributed by atoms with Crippen LogP contribution < -0.4 is 20.1 Å². The van der Waals surface area contributed by atoms with E-state index in [1.54, 1.807) is 28.0 Å². The van der Waals surface area contributed by atoms with Crippen molar-refractivity contribution in [3.05, 3.63) is 29.8 Å². The average Bonchev–Trinajstić information content (AvgIpc) is 2.45. The van der Waals surface area contributed by atoms with Crippen LogP contribution in [0.15, 0.2) is 29.3 Å².